The van der Waals surface area contributed by atoms with Crippen molar-refractivity contribution in [3.63, 3.8) is 0 Å². The standard InChI is InChI=1S/C10H19N3OS/c1-7(2)8-12-9(14-13-8)11-6-10(3,4)15-5/h7H,6H2,1-5H3,(H,11,12,13). The maximum absolute atomic E-state index is 5.08. The molecule has 1 rings (SSSR count). The number of hydrogen-bond acceptors (Lipinski definition) is 5. The molecule has 0 bridgehead atoms. The van der Waals surface area contributed by atoms with Crippen LogP contribution in [0.25, 0.3) is 0 Å². The zero-order valence-electron chi connectivity index (χ0n) is 10.00. The maximum Gasteiger partial charge on any atom is 0.321 e. The predicted octanol–water partition coefficient (Wildman–Crippen LogP) is 2.75. The molecule has 0 aliphatic heterocycles. The van der Waals surface area contributed by atoms with Gasteiger partial charge < -0.3 is 9.84 Å². The third-order valence-corrected chi connectivity index (χ3v) is 3.43. The van der Waals surface area contributed by atoms with E-state index in [4.69, 9.17) is 4.52 Å². The number of thioether (sulfide) groups is 1. The van der Waals surface area contributed by atoms with Gasteiger partial charge in [0.05, 0.1) is 0 Å². The fraction of sp³-hybridized carbons (Fsp3) is 0.800. The van der Waals surface area contributed by atoms with Crippen LogP contribution < -0.4 is 5.32 Å². The molecule has 0 saturated heterocycles. The summed E-state index contributed by atoms with van der Waals surface area (Å²) in [4.78, 5) is 4.25. The van der Waals surface area contributed by atoms with Crippen LogP contribution in [-0.2, 0) is 0 Å². The zero-order chi connectivity index (χ0) is 11.5. The molecule has 1 aromatic heterocycles. The van der Waals surface area contributed by atoms with Gasteiger partial charge >= 0.3 is 6.01 Å². The Kier molecular flexibility index (Phi) is 4.02. The lowest BCUT2D eigenvalue weighted by molar-refractivity contribution is 0.418. The quantitative estimate of drug-likeness (QED) is 0.841. The average molecular weight is 229 g/mol. The van der Waals surface area contributed by atoms with Gasteiger partial charge in [-0.05, 0) is 20.1 Å². The summed E-state index contributed by atoms with van der Waals surface area (Å²) in [5.41, 5.74) is 0. The minimum atomic E-state index is 0.173. The molecule has 0 fully saturated rings. The number of anilines is 1. The van der Waals surface area contributed by atoms with Gasteiger partial charge in [-0.25, -0.2) is 0 Å². The van der Waals surface area contributed by atoms with Gasteiger partial charge in [-0.3, -0.25) is 0 Å². The average Bonchev–Trinajstić information content (AvgIpc) is 2.63. The second kappa shape index (κ2) is 4.88. The highest BCUT2D eigenvalue weighted by Gasteiger charge is 2.17. The summed E-state index contributed by atoms with van der Waals surface area (Å²) in [6.07, 6.45) is 2.09. The number of nitrogens with zero attached hydrogens (tertiary/aromatic N) is 2. The highest BCUT2D eigenvalue weighted by Crippen LogP contribution is 2.21. The van der Waals surface area contributed by atoms with Gasteiger partial charge in [-0.1, -0.05) is 19.0 Å². The van der Waals surface area contributed by atoms with Crippen molar-refractivity contribution in [1.29, 1.82) is 0 Å². The van der Waals surface area contributed by atoms with E-state index in [-0.39, 0.29) is 4.75 Å². The van der Waals surface area contributed by atoms with Crippen LogP contribution in [0.4, 0.5) is 6.01 Å². The van der Waals surface area contributed by atoms with Crippen molar-refractivity contribution in [2.45, 2.75) is 38.4 Å². The predicted molar refractivity (Wildman–Crippen MR) is 64.5 cm³/mol. The number of hydrogen-bond donors (Lipinski definition) is 1. The molecular weight excluding hydrogens is 210 g/mol. The van der Waals surface area contributed by atoms with E-state index in [1.165, 1.54) is 0 Å². The summed E-state index contributed by atoms with van der Waals surface area (Å²) in [7, 11) is 0. The highest BCUT2D eigenvalue weighted by atomic mass is 32.2. The van der Waals surface area contributed by atoms with Crippen LogP contribution in [0.2, 0.25) is 0 Å². The van der Waals surface area contributed by atoms with Crippen molar-refractivity contribution in [3.8, 4) is 0 Å². The van der Waals surface area contributed by atoms with Gasteiger partial charge in [-0.2, -0.15) is 16.7 Å². The maximum atomic E-state index is 5.08. The zero-order valence-corrected chi connectivity index (χ0v) is 10.8. The van der Waals surface area contributed by atoms with Crippen molar-refractivity contribution in [3.05, 3.63) is 5.82 Å². The Hall–Kier alpha value is -0.710. The van der Waals surface area contributed by atoms with E-state index >= 15 is 0 Å². The van der Waals surface area contributed by atoms with Crippen molar-refractivity contribution < 1.29 is 4.52 Å². The molecule has 0 amide bonds. The first-order valence-electron chi connectivity index (χ1n) is 5.07. The Morgan fingerprint density at radius 2 is 2.13 bits per heavy atom. The summed E-state index contributed by atoms with van der Waals surface area (Å²) < 4.78 is 5.26. The Morgan fingerprint density at radius 3 is 2.60 bits per heavy atom. The summed E-state index contributed by atoms with van der Waals surface area (Å²) in [5.74, 6) is 1.05. The molecule has 1 N–H and O–H groups in total. The summed E-state index contributed by atoms with van der Waals surface area (Å²) in [6, 6.07) is 0.515. The van der Waals surface area contributed by atoms with E-state index in [0.29, 0.717) is 11.9 Å². The van der Waals surface area contributed by atoms with Gasteiger partial charge in [0.2, 0.25) is 0 Å². The third kappa shape index (κ3) is 3.74. The second-order valence-electron chi connectivity index (χ2n) is 4.43. The molecule has 0 radical (unpaired) electrons. The van der Waals surface area contributed by atoms with Crippen LogP contribution >= 0.6 is 11.8 Å². The molecule has 0 aliphatic carbocycles. The molecule has 0 saturated carbocycles. The van der Waals surface area contributed by atoms with E-state index in [1.54, 1.807) is 0 Å². The van der Waals surface area contributed by atoms with Crippen LogP contribution in [0.1, 0.15) is 39.4 Å². The van der Waals surface area contributed by atoms with Gasteiger partial charge in [0.25, 0.3) is 0 Å². The Morgan fingerprint density at radius 1 is 1.47 bits per heavy atom. The number of aromatic nitrogens is 2. The molecule has 15 heavy (non-hydrogen) atoms. The van der Waals surface area contributed by atoms with E-state index in [9.17, 15) is 0 Å². The highest BCUT2D eigenvalue weighted by molar-refractivity contribution is 7.99. The smallest absolute Gasteiger partial charge is 0.321 e. The molecular formula is C10H19N3OS. The fourth-order valence-corrected chi connectivity index (χ4v) is 1.12. The molecule has 5 heteroatoms. The fourth-order valence-electron chi connectivity index (χ4n) is 0.902. The monoisotopic (exact) mass is 229 g/mol. The minimum Gasteiger partial charge on any atom is -0.336 e. The Bertz CT molecular complexity index is 309. The van der Waals surface area contributed by atoms with Crippen LogP contribution in [0.15, 0.2) is 4.52 Å². The summed E-state index contributed by atoms with van der Waals surface area (Å²) in [5, 5.41) is 7.04. The first-order chi connectivity index (χ1) is 6.94. The molecule has 0 unspecified atom stereocenters. The van der Waals surface area contributed by atoms with E-state index in [0.717, 1.165) is 12.4 Å². The minimum absolute atomic E-state index is 0.173. The number of nitrogens with one attached hydrogen (secondary N) is 1. The molecule has 0 aliphatic rings. The lowest BCUT2D eigenvalue weighted by Gasteiger charge is -2.21. The normalized spacial score (nSPS) is 12.1. The van der Waals surface area contributed by atoms with Gasteiger partial charge in [0.15, 0.2) is 5.82 Å². The Balaban J connectivity index is 2.51. The lowest BCUT2D eigenvalue weighted by atomic mass is 10.2. The SMILES string of the molecule is CSC(C)(C)CNc1nc(C(C)C)no1. The molecule has 0 aromatic carbocycles. The molecule has 0 atom stereocenters. The van der Waals surface area contributed by atoms with Crippen LogP contribution in [0.5, 0.6) is 0 Å². The van der Waals surface area contributed by atoms with Crippen LogP contribution in [0.3, 0.4) is 0 Å². The van der Waals surface area contributed by atoms with E-state index in [2.05, 4.69) is 35.6 Å². The summed E-state index contributed by atoms with van der Waals surface area (Å²) >= 11 is 1.81. The van der Waals surface area contributed by atoms with Crippen molar-refractivity contribution >= 4 is 17.8 Å². The van der Waals surface area contributed by atoms with E-state index < -0.39 is 0 Å². The second-order valence-corrected chi connectivity index (χ2v) is 5.94. The van der Waals surface area contributed by atoms with Crippen LogP contribution in [-0.4, -0.2) is 27.7 Å². The molecule has 0 spiro atoms. The van der Waals surface area contributed by atoms with Gasteiger partial charge in [0, 0.05) is 17.2 Å². The van der Waals surface area contributed by atoms with Crippen molar-refractivity contribution in [2.75, 3.05) is 18.1 Å². The molecule has 4 nitrogen and oxygen atoms in total. The van der Waals surface area contributed by atoms with E-state index in [1.807, 2.05) is 25.6 Å². The first kappa shape index (κ1) is 12.4. The van der Waals surface area contributed by atoms with Gasteiger partial charge in [-0.15, -0.1) is 0 Å². The van der Waals surface area contributed by atoms with Crippen molar-refractivity contribution in [2.24, 2.45) is 0 Å². The third-order valence-electron chi connectivity index (χ3n) is 2.18. The van der Waals surface area contributed by atoms with Crippen LogP contribution in [0, 0.1) is 0 Å². The first-order valence-corrected chi connectivity index (χ1v) is 6.30. The molecule has 1 aromatic rings. The topological polar surface area (TPSA) is 51.0 Å². The molecule has 86 valence electrons. The lowest BCUT2D eigenvalue weighted by Crippen LogP contribution is -2.25. The van der Waals surface area contributed by atoms with Crippen molar-refractivity contribution in [1.82, 2.24) is 10.1 Å². The summed E-state index contributed by atoms with van der Waals surface area (Å²) in [6.45, 7) is 9.24. The van der Waals surface area contributed by atoms with Gasteiger partial charge in [0.1, 0.15) is 0 Å². The molecule has 1 heterocycles. The number of rotatable bonds is 5. The largest absolute Gasteiger partial charge is 0.336 e. The Labute approximate surface area is 95.2 Å².